The number of methoxy groups -OCH3 is 1. The van der Waals surface area contributed by atoms with Gasteiger partial charge in [0.1, 0.15) is 0 Å². The zero-order valence-corrected chi connectivity index (χ0v) is 17.4. The minimum Gasteiger partial charge on any atom is -0.481 e. The molecule has 2 aromatic heterocycles. The molecule has 0 aliphatic carbocycles. The number of pyridine rings is 2. The summed E-state index contributed by atoms with van der Waals surface area (Å²) in [4.78, 5) is 20.1. The highest BCUT2D eigenvalue weighted by molar-refractivity contribution is 5.90. The molecular formula is C25H26N2O2. The summed E-state index contributed by atoms with van der Waals surface area (Å²) in [6.45, 7) is 6.22. The van der Waals surface area contributed by atoms with Crippen molar-refractivity contribution in [2.75, 3.05) is 7.11 Å². The zero-order valence-electron chi connectivity index (χ0n) is 17.4. The van der Waals surface area contributed by atoms with Crippen LogP contribution < -0.4 is 10.3 Å². The van der Waals surface area contributed by atoms with Crippen molar-refractivity contribution in [2.24, 2.45) is 0 Å². The number of ether oxygens (including phenoxy) is 1. The molecule has 0 radical (unpaired) electrons. The number of rotatable bonds is 5. The van der Waals surface area contributed by atoms with E-state index < -0.39 is 0 Å². The summed E-state index contributed by atoms with van der Waals surface area (Å²) < 4.78 is 5.44. The van der Waals surface area contributed by atoms with E-state index >= 15 is 0 Å². The van der Waals surface area contributed by atoms with Crippen LogP contribution in [-0.4, -0.2) is 17.1 Å². The van der Waals surface area contributed by atoms with E-state index in [2.05, 4.69) is 48.1 Å². The van der Waals surface area contributed by atoms with E-state index in [9.17, 15) is 4.79 Å². The molecule has 1 atom stereocenters. The number of benzene rings is 2. The molecule has 0 spiro atoms. The van der Waals surface area contributed by atoms with E-state index in [1.54, 1.807) is 7.11 Å². The standard InChI is InChI=1S/C25H26N2O2/c1-5-18-16(3)24(28)27-23-17(9-8-12-20(18)23)13-15(2)22-14-26-25(29-4)21-11-7-6-10-19(21)22/h6-12,14-15H,5,13H2,1-4H3,(H,27,28). The second-order valence-corrected chi connectivity index (χ2v) is 7.62. The van der Waals surface area contributed by atoms with Crippen molar-refractivity contribution in [1.29, 1.82) is 0 Å². The minimum absolute atomic E-state index is 0.00557. The summed E-state index contributed by atoms with van der Waals surface area (Å²) in [6, 6.07) is 14.5. The highest BCUT2D eigenvalue weighted by atomic mass is 16.5. The molecule has 0 aliphatic heterocycles. The first-order valence-electron chi connectivity index (χ1n) is 10.1. The Bertz CT molecular complexity index is 1260. The summed E-state index contributed by atoms with van der Waals surface area (Å²) in [5.41, 5.74) is 5.25. The molecule has 2 aromatic carbocycles. The van der Waals surface area contributed by atoms with Gasteiger partial charge in [0.15, 0.2) is 0 Å². The quantitative estimate of drug-likeness (QED) is 0.506. The minimum atomic E-state index is 0.00557. The molecule has 0 saturated carbocycles. The lowest BCUT2D eigenvalue weighted by Gasteiger charge is -2.18. The topological polar surface area (TPSA) is 55.0 Å². The Morgan fingerprint density at radius 2 is 1.79 bits per heavy atom. The smallest absolute Gasteiger partial charge is 0.251 e. The summed E-state index contributed by atoms with van der Waals surface area (Å²) >= 11 is 0. The highest BCUT2D eigenvalue weighted by Gasteiger charge is 2.16. The molecule has 0 aliphatic rings. The van der Waals surface area contributed by atoms with Crippen LogP contribution in [0.25, 0.3) is 21.7 Å². The van der Waals surface area contributed by atoms with Gasteiger partial charge in [0.05, 0.1) is 12.6 Å². The SMILES string of the molecule is CCc1c(C)c(=O)[nH]c2c(CC(C)c3cnc(OC)c4ccccc34)cccc12. The lowest BCUT2D eigenvalue weighted by molar-refractivity contribution is 0.403. The number of para-hydroxylation sites is 1. The van der Waals surface area contributed by atoms with Crippen molar-refractivity contribution in [3.8, 4) is 5.88 Å². The van der Waals surface area contributed by atoms with Gasteiger partial charge >= 0.3 is 0 Å². The van der Waals surface area contributed by atoms with Crippen molar-refractivity contribution >= 4 is 21.7 Å². The van der Waals surface area contributed by atoms with Crippen molar-refractivity contribution in [1.82, 2.24) is 9.97 Å². The summed E-state index contributed by atoms with van der Waals surface area (Å²) in [6.07, 6.45) is 3.58. The Balaban J connectivity index is 1.81. The molecule has 0 saturated heterocycles. The van der Waals surface area contributed by atoms with Crippen molar-refractivity contribution in [3.63, 3.8) is 0 Å². The molecule has 1 unspecified atom stereocenters. The lowest BCUT2D eigenvalue weighted by atomic mass is 9.89. The van der Waals surface area contributed by atoms with Crippen LogP contribution in [0.2, 0.25) is 0 Å². The highest BCUT2D eigenvalue weighted by Crippen LogP contribution is 2.33. The molecule has 0 fully saturated rings. The van der Waals surface area contributed by atoms with Gasteiger partial charge in [-0.3, -0.25) is 4.79 Å². The van der Waals surface area contributed by atoms with Gasteiger partial charge in [0.2, 0.25) is 5.88 Å². The Morgan fingerprint density at radius 3 is 2.52 bits per heavy atom. The van der Waals surface area contributed by atoms with Crippen LogP contribution in [0.4, 0.5) is 0 Å². The van der Waals surface area contributed by atoms with Crippen molar-refractivity contribution in [3.05, 3.63) is 81.3 Å². The van der Waals surface area contributed by atoms with Crippen LogP contribution in [0.1, 0.15) is 42.0 Å². The summed E-state index contributed by atoms with van der Waals surface area (Å²) in [5.74, 6) is 0.882. The van der Waals surface area contributed by atoms with Gasteiger partial charge in [-0.05, 0) is 53.8 Å². The predicted molar refractivity (Wildman–Crippen MR) is 119 cm³/mol. The number of aromatic nitrogens is 2. The first kappa shape index (κ1) is 19.2. The second kappa shape index (κ2) is 7.70. The fraction of sp³-hybridized carbons (Fsp3) is 0.280. The van der Waals surface area contributed by atoms with Gasteiger partial charge in [0, 0.05) is 22.5 Å². The zero-order chi connectivity index (χ0) is 20.5. The van der Waals surface area contributed by atoms with Crippen LogP contribution in [-0.2, 0) is 12.8 Å². The average molecular weight is 386 g/mol. The van der Waals surface area contributed by atoms with E-state index in [0.717, 1.165) is 51.2 Å². The van der Waals surface area contributed by atoms with Crippen molar-refractivity contribution < 1.29 is 4.74 Å². The summed E-state index contributed by atoms with van der Waals surface area (Å²) in [5, 5.41) is 3.33. The van der Waals surface area contributed by atoms with Gasteiger partial charge in [-0.2, -0.15) is 0 Å². The van der Waals surface area contributed by atoms with Crippen LogP contribution in [0.15, 0.2) is 53.5 Å². The van der Waals surface area contributed by atoms with Crippen LogP contribution in [0, 0.1) is 6.92 Å². The molecular weight excluding hydrogens is 360 g/mol. The van der Waals surface area contributed by atoms with Crippen molar-refractivity contribution in [2.45, 2.75) is 39.5 Å². The van der Waals surface area contributed by atoms with E-state index in [4.69, 9.17) is 4.74 Å². The Morgan fingerprint density at radius 1 is 1.07 bits per heavy atom. The van der Waals surface area contributed by atoms with Crippen LogP contribution >= 0.6 is 0 Å². The largest absolute Gasteiger partial charge is 0.481 e. The molecule has 4 nitrogen and oxygen atoms in total. The Kier molecular flexibility index (Phi) is 5.10. The van der Waals surface area contributed by atoms with E-state index in [1.165, 1.54) is 5.56 Å². The second-order valence-electron chi connectivity index (χ2n) is 7.62. The summed E-state index contributed by atoms with van der Waals surface area (Å²) in [7, 11) is 1.65. The molecule has 148 valence electrons. The monoisotopic (exact) mass is 386 g/mol. The maximum atomic E-state index is 12.5. The first-order chi connectivity index (χ1) is 14.0. The third-order valence-corrected chi connectivity index (χ3v) is 5.90. The Labute approximate surface area is 170 Å². The van der Waals surface area contributed by atoms with Gasteiger partial charge in [-0.25, -0.2) is 4.98 Å². The maximum Gasteiger partial charge on any atom is 0.251 e. The van der Waals surface area contributed by atoms with Gasteiger partial charge in [0.25, 0.3) is 5.56 Å². The van der Waals surface area contributed by atoms with E-state index in [0.29, 0.717) is 5.88 Å². The number of aromatic amines is 1. The fourth-order valence-corrected chi connectivity index (χ4v) is 4.36. The lowest BCUT2D eigenvalue weighted by Crippen LogP contribution is -2.14. The third-order valence-electron chi connectivity index (χ3n) is 5.90. The van der Waals surface area contributed by atoms with E-state index in [1.807, 2.05) is 31.3 Å². The average Bonchev–Trinajstić information content (AvgIpc) is 2.74. The fourth-order valence-electron chi connectivity index (χ4n) is 4.36. The molecule has 0 bridgehead atoms. The molecule has 4 heteroatoms. The molecule has 4 rings (SSSR count). The van der Waals surface area contributed by atoms with Gasteiger partial charge < -0.3 is 9.72 Å². The van der Waals surface area contributed by atoms with Crippen LogP contribution in [0.5, 0.6) is 5.88 Å². The number of nitrogens with zero attached hydrogens (tertiary/aromatic N) is 1. The number of H-pyrrole nitrogens is 1. The van der Waals surface area contributed by atoms with Gasteiger partial charge in [-0.15, -0.1) is 0 Å². The Hall–Kier alpha value is -3.14. The van der Waals surface area contributed by atoms with E-state index in [-0.39, 0.29) is 11.5 Å². The number of aryl methyl sites for hydroxylation is 1. The molecule has 29 heavy (non-hydrogen) atoms. The predicted octanol–water partition coefficient (Wildman–Crippen LogP) is 5.30. The maximum absolute atomic E-state index is 12.5. The molecule has 1 N–H and O–H groups in total. The molecule has 0 amide bonds. The molecule has 2 heterocycles. The number of nitrogens with one attached hydrogen (secondary N) is 1. The third kappa shape index (κ3) is 3.29. The molecule has 4 aromatic rings. The number of hydrogen-bond acceptors (Lipinski definition) is 3. The van der Waals surface area contributed by atoms with Crippen LogP contribution in [0.3, 0.4) is 0 Å². The number of hydrogen-bond donors (Lipinski definition) is 1. The number of fused-ring (bicyclic) bond motifs is 2. The normalized spacial score (nSPS) is 12.4. The van der Waals surface area contributed by atoms with Gasteiger partial charge in [-0.1, -0.05) is 50.2 Å². The first-order valence-corrected chi connectivity index (χ1v) is 10.1.